The fourth-order valence-corrected chi connectivity index (χ4v) is 2.65. The van der Waals surface area contributed by atoms with E-state index in [0.29, 0.717) is 28.1 Å². The molecule has 0 saturated heterocycles. The zero-order chi connectivity index (χ0) is 17.6. The summed E-state index contributed by atoms with van der Waals surface area (Å²) in [5.74, 6) is -0.0317. The summed E-state index contributed by atoms with van der Waals surface area (Å²) in [4.78, 5) is 24.0. The van der Waals surface area contributed by atoms with Crippen molar-refractivity contribution in [2.75, 3.05) is 13.7 Å². The number of nitrogens with two attached hydrogens (primary N) is 1. The van der Waals surface area contributed by atoms with Gasteiger partial charge in [-0.05, 0) is 40.9 Å². The molecule has 0 spiro atoms. The van der Waals surface area contributed by atoms with E-state index in [1.165, 1.54) is 7.11 Å². The standard InChI is InChI=1S/C16H23BrN2O4/c1-5-9(3)13(15(18)20)19-16(21)10-7-11(17)14(23-6-2)12(8-10)22-4/h7-9,13H,5-6H2,1-4H3,(H2,18,20)(H,19,21). The van der Waals surface area contributed by atoms with Gasteiger partial charge in [0.15, 0.2) is 11.5 Å². The van der Waals surface area contributed by atoms with Gasteiger partial charge in [-0.15, -0.1) is 0 Å². The Bertz CT molecular complexity index is 577. The molecule has 1 rings (SSSR count). The Morgan fingerprint density at radius 3 is 2.48 bits per heavy atom. The van der Waals surface area contributed by atoms with Crippen LogP contribution in [0.5, 0.6) is 11.5 Å². The number of primary amides is 1. The summed E-state index contributed by atoms with van der Waals surface area (Å²) in [6, 6.07) is 2.47. The van der Waals surface area contributed by atoms with Crippen LogP contribution in [0.25, 0.3) is 0 Å². The average molecular weight is 387 g/mol. The number of carbonyl (C=O) groups is 2. The molecule has 0 heterocycles. The van der Waals surface area contributed by atoms with Crippen LogP contribution >= 0.6 is 15.9 Å². The minimum atomic E-state index is -0.719. The van der Waals surface area contributed by atoms with Gasteiger partial charge in [0.1, 0.15) is 6.04 Å². The molecule has 23 heavy (non-hydrogen) atoms. The molecule has 128 valence electrons. The molecule has 2 unspecified atom stereocenters. The van der Waals surface area contributed by atoms with E-state index in [9.17, 15) is 9.59 Å². The Balaban J connectivity index is 3.08. The molecule has 2 amide bonds. The quantitative estimate of drug-likeness (QED) is 0.717. The van der Waals surface area contributed by atoms with Crippen LogP contribution in [0.3, 0.4) is 0 Å². The number of hydrogen-bond donors (Lipinski definition) is 2. The van der Waals surface area contributed by atoms with Crippen LogP contribution in [0, 0.1) is 5.92 Å². The first-order valence-corrected chi connectivity index (χ1v) is 8.25. The second-order valence-corrected chi connectivity index (χ2v) is 6.02. The molecule has 6 nitrogen and oxygen atoms in total. The van der Waals surface area contributed by atoms with E-state index >= 15 is 0 Å². The van der Waals surface area contributed by atoms with Gasteiger partial charge >= 0.3 is 0 Å². The molecule has 1 aromatic carbocycles. The molecule has 0 aliphatic heterocycles. The topological polar surface area (TPSA) is 90.6 Å². The first-order valence-electron chi connectivity index (χ1n) is 7.46. The number of ether oxygens (including phenoxy) is 2. The summed E-state index contributed by atoms with van der Waals surface area (Å²) >= 11 is 3.37. The summed E-state index contributed by atoms with van der Waals surface area (Å²) in [5, 5.41) is 2.68. The maximum atomic E-state index is 12.4. The monoisotopic (exact) mass is 386 g/mol. The van der Waals surface area contributed by atoms with Crippen LogP contribution in [0.1, 0.15) is 37.6 Å². The number of benzene rings is 1. The fraction of sp³-hybridized carbons (Fsp3) is 0.500. The normalized spacial score (nSPS) is 13.1. The first-order chi connectivity index (χ1) is 10.8. The lowest BCUT2D eigenvalue weighted by Gasteiger charge is -2.21. The smallest absolute Gasteiger partial charge is 0.252 e. The molecule has 0 saturated carbocycles. The Hall–Kier alpha value is -1.76. The van der Waals surface area contributed by atoms with Crippen LogP contribution in [0.2, 0.25) is 0 Å². The molecule has 2 atom stereocenters. The van der Waals surface area contributed by atoms with Crippen LogP contribution in [0.15, 0.2) is 16.6 Å². The van der Waals surface area contributed by atoms with E-state index in [1.807, 2.05) is 20.8 Å². The van der Waals surface area contributed by atoms with Crippen LogP contribution in [-0.2, 0) is 4.79 Å². The highest BCUT2D eigenvalue weighted by Gasteiger charge is 2.25. The van der Waals surface area contributed by atoms with Gasteiger partial charge in [-0.1, -0.05) is 20.3 Å². The number of hydrogen-bond acceptors (Lipinski definition) is 4. The first kappa shape index (κ1) is 19.3. The summed E-state index contributed by atoms with van der Waals surface area (Å²) in [6.45, 7) is 6.13. The van der Waals surface area contributed by atoms with E-state index in [4.69, 9.17) is 15.2 Å². The molecule has 0 aliphatic rings. The second kappa shape index (κ2) is 8.76. The summed E-state index contributed by atoms with van der Waals surface area (Å²) < 4.78 is 11.4. The highest BCUT2D eigenvalue weighted by molar-refractivity contribution is 9.10. The van der Waals surface area contributed by atoms with Gasteiger partial charge in [-0.25, -0.2) is 0 Å². The Morgan fingerprint density at radius 2 is 2.00 bits per heavy atom. The van der Waals surface area contributed by atoms with E-state index in [1.54, 1.807) is 12.1 Å². The predicted molar refractivity (Wildman–Crippen MR) is 91.8 cm³/mol. The van der Waals surface area contributed by atoms with Crippen molar-refractivity contribution < 1.29 is 19.1 Å². The second-order valence-electron chi connectivity index (χ2n) is 5.16. The molecule has 1 aromatic rings. The lowest BCUT2D eigenvalue weighted by molar-refractivity contribution is -0.120. The van der Waals surface area contributed by atoms with E-state index in [0.717, 1.165) is 6.42 Å². The van der Waals surface area contributed by atoms with Crippen molar-refractivity contribution >= 4 is 27.7 Å². The highest BCUT2D eigenvalue weighted by Crippen LogP contribution is 2.36. The number of carbonyl (C=O) groups excluding carboxylic acids is 2. The van der Waals surface area contributed by atoms with Gasteiger partial charge in [-0.2, -0.15) is 0 Å². The van der Waals surface area contributed by atoms with Gasteiger partial charge in [0.2, 0.25) is 5.91 Å². The van der Waals surface area contributed by atoms with Crippen molar-refractivity contribution in [2.45, 2.75) is 33.2 Å². The van der Waals surface area contributed by atoms with Crippen molar-refractivity contribution in [1.82, 2.24) is 5.32 Å². The van der Waals surface area contributed by atoms with Crippen LogP contribution in [-0.4, -0.2) is 31.6 Å². The van der Waals surface area contributed by atoms with Crippen molar-refractivity contribution in [3.05, 3.63) is 22.2 Å². The highest BCUT2D eigenvalue weighted by atomic mass is 79.9. The third-order valence-corrected chi connectivity index (χ3v) is 4.18. The number of methoxy groups -OCH3 is 1. The molecular weight excluding hydrogens is 364 g/mol. The number of nitrogens with one attached hydrogen (secondary N) is 1. The van der Waals surface area contributed by atoms with Gasteiger partial charge in [0.25, 0.3) is 5.91 Å². The maximum Gasteiger partial charge on any atom is 0.252 e. The van der Waals surface area contributed by atoms with E-state index in [-0.39, 0.29) is 5.92 Å². The van der Waals surface area contributed by atoms with Gasteiger partial charge in [0.05, 0.1) is 18.2 Å². The van der Waals surface area contributed by atoms with Crippen LogP contribution in [0.4, 0.5) is 0 Å². The molecule has 0 aromatic heterocycles. The molecule has 0 aliphatic carbocycles. The minimum Gasteiger partial charge on any atom is -0.493 e. The molecule has 0 radical (unpaired) electrons. The molecule has 0 bridgehead atoms. The number of halogens is 1. The van der Waals surface area contributed by atoms with E-state index in [2.05, 4.69) is 21.2 Å². The van der Waals surface area contributed by atoms with Crippen molar-refractivity contribution in [1.29, 1.82) is 0 Å². The largest absolute Gasteiger partial charge is 0.493 e. The zero-order valence-corrected chi connectivity index (χ0v) is 15.4. The Morgan fingerprint density at radius 1 is 1.35 bits per heavy atom. The summed E-state index contributed by atoms with van der Waals surface area (Å²) in [5.41, 5.74) is 5.74. The Labute approximate surface area is 144 Å². The van der Waals surface area contributed by atoms with Crippen molar-refractivity contribution in [2.24, 2.45) is 11.7 Å². The maximum absolute atomic E-state index is 12.4. The third-order valence-electron chi connectivity index (χ3n) is 3.59. The van der Waals surface area contributed by atoms with Crippen molar-refractivity contribution in [3.63, 3.8) is 0 Å². The van der Waals surface area contributed by atoms with Crippen LogP contribution < -0.4 is 20.5 Å². The summed E-state index contributed by atoms with van der Waals surface area (Å²) in [6.07, 6.45) is 0.726. The lowest BCUT2D eigenvalue weighted by Crippen LogP contribution is -2.48. The van der Waals surface area contributed by atoms with Gasteiger partial charge in [-0.3, -0.25) is 9.59 Å². The third kappa shape index (κ3) is 4.86. The molecule has 7 heteroatoms. The van der Waals surface area contributed by atoms with E-state index < -0.39 is 17.9 Å². The molecule has 3 N–H and O–H groups in total. The lowest BCUT2D eigenvalue weighted by atomic mass is 9.98. The number of amides is 2. The minimum absolute atomic E-state index is 0.0514. The number of rotatable bonds is 8. The average Bonchev–Trinajstić information content (AvgIpc) is 2.52. The SMILES string of the molecule is CCOc1c(Br)cc(C(=O)NC(C(N)=O)C(C)CC)cc1OC. The van der Waals surface area contributed by atoms with Gasteiger partial charge in [0, 0.05) is 5.56 Å². The predicted octanol–water partition coefficient (Wildman–Crippen LogP) is 2.49. The zero-order valence-electron chi connectivity index (χ0n) is 13.8. The van der Waals surface area contributed by atoms with Gasteiger partial charge < -0.3 is 20.5 Å². The molecular formula is C16H23BrN2O4. The molecule has 0 fully saturated rings. The van der Waals surface area contributed by atoms with Crippen molar-refractivity contribution in [3.8, 4) is 11.5 Å². The fourth-order valence-electron chi connectivity index (χ4n) is 2.09. The Kier molecular flexibility index (Phi) is 7.35. The summed E-state index contributed by atoms with van der Waals surface area (Å²) in [7, 11) is 1.50.